The van der Waals surface area contributed by atoms with E-state index >= 15 is 0 Å². The smallest absolute Gasteiger partial charge is 0.327 e. The number of imide groups is 1. The number of ether oxygens (including phenoxy) is 2. The second kappa shape index (κ2) is 7.03. The lowest BCUT2D eigenvalue weighted by Crippen LogP contribution is -2.22. The van der Waals surface area contributed by atoms with Crippen molar-refractivity contribution in [1.29, 1.82) is 0 Å². The Labute approximate surface area is 170 Å². The highest BCUT2D eigenvalue weighted by Gasteiger charge is 2.26. The number of carbonyl (C=O) groups excluding carboxylic acids is 2. The van der Waals surface area contributed by atoms with Crippen LogP contribution in [0.15, 0.2) is 36.2 Å². The Morgan fingerprint density at radius 2 is 1.90 bits per heavy atom. The quantitative estimate of drug-likeness (QED) is 0.415. The fourth-order valence-electron chi connectivity index (χ4n) is 2.91. The number of nitrogens with one attached hydrogen (secondary N) is 3. The first kappa shape index (κ1) is 17.9. The molecule has 3 amide bonds. The molecule has 3 heterocycles. The standard InChI is InChI=1S/C19H17N7O4/c1-29-12-4-6-13(7-5-12)30-19-23-15-10(8-14-16(27)24-18(28)22-14)9-20-26(15)17(25-19)21-11-2-3-11/h4-9,11H,2-3H2,1H3,(H,21,23,25)(H2,22,24,27,28)/b14-8-. The van der Waals surface area contributed by atoms with Crippen LogP contribution in [0.25, 0.3) is 11.7 Å². The molecule has 0 unspecified atom stereocenters. The summed E-state index contributed by atoms with van der Waals surface area (Å²) in [4.78, 5) is 32.1. The zero-order valence-corrected chi connectivity index (χ0v) is 15.9. The van der Waals surface area contributed by atoms with E-state index in [1.165, 1.54) is 6.08 Å². The van der Waals surface area contributed by atoms with Crippen molar-refractivity contribution in [3.05, 3.63) is 41.7 Å². The predicted octanol–water partition coefficient (Wildman–Crippen LogP) is 1.68. The van der Waals surface area contributed by atoms with Gasteiger partial charge in [0.05, 0.1) is 13.3 Å². The van der Waals surface area contributed by atoms with Crippen molar-refractivity contribution < 1.29 is 19.1 Å². The van der Waals surface area contributed by atoms with Crippen LogP contribution in [0.1, 0.15) is 18.4 Å². The second-order valence-corrected chi connectivity index (χ2v) is 6.83. The molecule has 0 bridgehead atoms. The topological polar surface area (TPSA) is 132 Å². The average Bonchev–Trinajstić information content (AvgIpc) is 3.37. The predicted molar refractivity (Wildman–Crippen MR) is 105 cm³/mol. The number of nitrogens with zero attached hydrogens (tertiary/aromatic N) is 4. The minimum atomic E-state index is -0.572. The van der Waals surface area contributed by atoms with Crippen molar-refractivity contribution in [2.75, 3.05) is 12.4 Å². The normalized spacial score (nSPS) is 17.2. The van der Waals surface area contributed by atoms with Gasteiger partial charge in [0.2, 0.25) is 5.95 Å². The number of amides is 3. The molecule has 1 aliphatic carbocycles. The van der Waals surface area contributed by atoms with E-state index in [1.54, 1.807) is 42.1 Å². The average molecular weight is 407 g/mol. The number of hydrogen-bond donors (Lipinski definition) is 3. The first-order valence-electron chi connectivity index (χ1n) is 9.27. The van der Waals surface area contributed by atoms with Gasteiger partial charge in [-0.2, -0.15) is 19.6 Å². The van der Waals surface area contributed by atoms with Crippen molar-refractivity contribution >= 4 is 29.6 Å². The molecule has 0 spiro atoms. The van der Waals surface area contributed by atoms with Crippen molar-refractivity contribution in [3.8, 4) is 17.5 Å². The molecule has 3 N–H and O–H groups in total. The van der Waals surface area contributed by atoms with Crippen LogP contribution in [0.5, 0.6) is 17.5 Å². The molecule has 2 aromatic heterocycles. The van der Waals surface area contributed by atoms with Crippen LogP contribution >= 0.6 is 0 Å². The summed E-state index contributed by atoms with van der Waals surface area (Å²) in [5.74, 6) is 1.21. The minimum absolute atomic E-state index is 0.114. The van der Waals surface area contributed by atoms with E-state index in [1.807, 2.05) is 0 Å². The van der Waals surface area contributed by atoms with Gasteiger partial charge < -0.3 is 20.1 Å². The number of urea groups is 1. The van der Waals surface area contributed by atoms with Crippen LogP contribution < -0.4 is 25.4 Å². The first-order chi connectivity index (χ1) is 14.6. The molecule has 11 heteroatoms. The second-order valence-electron chi connectivity index (χ2n) is 6.83. The first-order valence-corrected chi connectivity index (χ1v) is 9.27. The molecule has 2 aliphatic rings. The van der Waals surface area contributed by atoms with Gasteiger partial charge in [-0.1, -0.05) is 0 Å². The van der Waals surface area contributed by atoms with Crippen LogP contribution in [0.3, 0.4) is 0 Å². The number of benzene rings is 1. The van der Waals surface area contributed by atoms with E-state index in [2.05, 4.69) is 31.0 Å². The van der Waals surface area contributed by atoms with Crippen molar-refractivity contribution in [2.45, 2.75) is 18.9 Å². The van der Waals surface area contributed by atoms with E-state index in [9.17, 15) is 9.59 Å². The largest absolute Gasteiger partial charge is 0.497 e. The fourth-order valence-corrected chi connectivity index (χ4v) is 2.91. The Bertz CT molecular complexity index is 1180. The third kappa shape index (κ3) is 3.48. The molecule has 5 rings (SSSR count). The SMILES string of the molecule is COc1ccc(Oc2nc(NC3CC3)n3ncc(/C=C4\NC(=O)NC4=O)c3n2)cc1. The van der Waals surface area contributed by atoms with Gasteiger partial charge in [0.25, 0.3) is 5.91 Å². The maximum absolute atomic E-state index is 11.9. The summed E-state index contributed by atoms with van der Waals surface area (Å²) in [7, 11) is 1.59. The maximum atomic E-state index is 11.9. The number of anilines is 1. The summed E-state index contributed by atoms with van der Waals surface area (Å²) in [5.41, 5.74) is 1.07. The van der Waals surface area contributed by atoms with Gasteiger partial charge in [-0.05, 0) is 43.2 Å². The number of fused-ring (bicyclic) bond motifs is 1. The van der Waals surface area contributed by atoms with E-state index in [4.69, 9.17) is 9.47 Å². The Hall–Kier alpha value is -4.15. The molecule has 152 valence electrons. The Balaban J connectivity index is 1.54. The highest BCUT2D eigenvalue weighted by Crippen LogP contribution is 2.28. The van der Waals surface area contributed by atoms with Crippen molar-refractivity contribution in [2.24, 2.45) is 0 Å². The van der Waals surface area contributed by atoms with Crippen LogP contribution in [-0.2, 0) is 4.79 Å². The van der Waals surface area contributed by atoms with Gasteiger partial charge in [-0.3, -0.25) is 10.1 Å². The van der Waals surface area contributed by atoms with E-state index in [0.717, 1.165) is 12.8 Å². The summed E-state index contributed by atoms with van der Waals surface area (Å²) in [6.45, 7) is 0. The highest BCUT2D eigenvalue weighted by atomic mass is 16.5. The minimum Gasteiger partial charge on any atom is -0.497 e. The third-order valence-electron chi connectivity index (χ3n) is 4.57. The molecule has 1 saturated carbocycles. The fraction of sp³-hybridized carbons (Fsp3) is 0.211. The van der Waals surface area contributed by atoms with E-state index < -0.39 is 11.9 Å². The van der Waals surface area contributed by atoms with Gasteiger partial charge in [0.15, 0.2) is 5.65 Å². The molecule has 1 aliphatic heterocycles. The van der Waals surface area contributed by atoms with Crippen LogP contribution in [0.4, 0.5) is 10.7 Å². The third-order valence-corrected chi connectivity index (χ3v) is 4.57. The lowest BCUT2D eigenvalue weighted by molar-refractivity contribution is -0.115. The zero-order chi connectivity index (χ0) is 20.7. The number of methoxy groups -OCH3 is 1. The molecule has 2 fully saturated rings. The highest BCUT2D eigenvalue weighted by molar-refractivity contribution is 6.14. The Morgan fingerprint density at radius 1 is 1.13 bits per heavy atom. The summed E-state index contributed by atoms with van der Waals surface area (Å²) >= 11 is 0. The molecule has 1 saturated heterocycles. The molecule has 3 aromatic rings. The molecule has 0 atom stereocenters. The van der Waals surface area contributed by atoms with Gasteiger partial charge in [-0.25, -0.2) is 4.79 Å². The van der Waals surface area contributed by atoms with Gasteiger partial charge in [0, 0.05) is 11.6 Å². The molecular formula is C19H17N7O4. The van der Waals surface area contributed by atoms with E-state index in [-0.39, 0.29) is 11.7 Å². The van der Waals surface area contributed by atoms with Crippen LogP contribution in [-0.4, -0.2) is 44.7 Å². The summed E-state index contributed by atoms with van der Waals surface area (Å²) < 4.78 is 12.5. The van der Waals surface area contributed by atoms with Crippen LogP contribution in [0.2, 0.25) is 0 Å². The molecule has 11 nitrogen and oxygen atoms in total. The van der Waals surface area contributed by atoms with Crippen molar-refractivity contribution in [1.82, 2.24) is 30.2 Å². The molecule has 1 aromatic carbocycles. The summed E-state index contributed by atoms with van der Waals surface area (Å²) in [6, 6.07) is 6.91. The van der Waals surface area contributed by atoms with Gasteiger partial charge in [0.1, 0.15) is 17.2 Å². The number of rotatable bonds is 6. The number of carbonyl (C=O) groups is 2. The summed E-state index contributed by atoms with van der Waals surface area (Å²) in [6.07, 6.45) is 5.15. The monoisotopic (exact) mass is 407 g/mol. The zero-order valence-electron chi connectivity index (χ0n) is 15.9. The lowest BCUT2D eigenvalue weighted by Gasteiger charge is -2.10. The van der Waals surface area contributed by atoms with Crippen LogP contribution in [0, 0.1) is 0 Å². The van der Waals surface area contributed by atoms with Crippen molar-refractivity contribution in [3.63, 3.8) is 0 Å². The Kier molecular flexibility index (Phi) is 4.20. The maximum Gasteiger partial charge on any atom is 0.327 e. The number of aromatic nitrogens is 4. The molecule has 30 heavy (non-hydrogen) atoms. The summed E-state index contributed by atoms with van der Waals surface area (Å²) in [5, 5.41) is 12.2. The van der Waals surface area contributed by atoms with Gasteiger partial charge in [-0.15, -0.1) is 0 Å². The number of hydrogen-bond acceptors (Lipinski definition) is 8. The van der Waals surface area contributed by atoms with Gasteiger partial charge >= 0.3 is 12.0 Å². The Morgan fingerprint density at radius 3 is 2.57 bits per heavy atom. The lowest BCUT2D eigenvalue weighted by atomic mass is 10.2. The van der Waals surface area contributed by atoms with E-state index in [0.29, 0.717) is 34.7 Å². The molecule has 0 radical (unpaired) electrons. The molecular weight excluding hydrogens is 390 g/mol.